The van der Waals surface area contributed by atoms with Crippen molar-refractivity contribution in [1.29, 1.82) is 0 Å². The minimum atomic E-state index is -4.48. The molecule has 14 heavy (non-hydrogen) atoms. The lowest BCUT2D eigenvalue weighted by Gasteiger charge is -2.40. The van der Waals surface area contributed by atoms with Crippen LogP contribution in [0.2, 0.25) is 0 Å². The molecule has 0 aliphatic heterocycles. The quantitative estimate of drug-likeness (QED) is 0.431. The molecule has 0 aliphatic rings. The molecule has 0 saturated heterocycles. The molecule has 0 rings (SSSR count). The third-order valence-electron chi connectivity index (χ3n) is 2.83. The molecule has 0 amide bonds. The van der Waals surface area contributed by atoms with E-state index < -0.39 is 40.1 Å². The van der Waals surface area contributed by atoms with Crippen LogP contribution in [0.5, 0.6) is 0 Å². The van der Waals surface area contributed by atoms with Crippen LogP contribution in [0, 0.1) is 5.41 Å². The average Bonchev–Trinajstić information content (AvgIpc) is 2.06. The van der Waals surface area contributed by atoms with Crippen LogP contribution in [0.15, 0.2) is 0 Å². The summed E-state index contributed by atoms with van der Waals surface area (Å²) < 4.78 is 29.1. The highest BCUT2D eigenvalue weighted by Gasteiger charge is 2.52. The predicted molar refractivity (Wildman–Crippen MR) is 49.3 cm³/mol. The van der Waals surface area contributed by atoms with Crippen molar-refractivity contribution in [2.45, 2.75) is 18.6 Å². The number of rotatable bonds is 5. The Morgan fingerprint density at radius 3 is 1.36 bits per heavy atom. The van der Waals surface area contributed by atoms with Gasteiger partial charge in [-0.15, -0.1) is 0 Å². The Hall–Kier alpha value is -0.210. The number of aliphatic hydroxyl groups excluding tert-OH is 3. The summed E-state index contributed by atoms with van der Waals surface area (Å²) >= 11 is 0. The van der Waals surface area contributed by atoms with E-state index in [0.717, 1.165) is 13.8 Å². The van der Waals surface area contributed by atoms with Crippen LogP contribution in [0.4, 0.5) is 0 Å². The molecule has 0 aromatic rings. The van der Waals surface area contributed by atoms with Gasteiger partial charge >= 0.3 is 0 Å². The van der Waals surface area contributed by atoms with E-state index in [-0.39, 0.29) is 0 Å². The highest BCUT2D eigenvalue weighted by Crippen LogP contribution is 2.36. The van der Waals surface area contributed by atoms with Gasteiger partial charge in [0.15, 0.2) is 0 Å². The molecule has 0 spiro atoms. The third-order valence-corrected chi connectivity index (χ3v) is 4.55. The molecule has 0 bridgehead atoms. The summed E-state index contributed by atoms with van der Waals surface area (Å²) in [4.78, 5) is 0. The molecular formula is C7H16O6S. The van der Waals surface area contributed by atoms with E-state index in [2.05, 4.69) is 0 Å². The molecular weight excluding hydrogens is 212 g/mol. The molecule has 0 heterocycles. The summed E-state index contributed by atoms with van der Waals surface area (Å²) in [7, 11) is -4.48. The summed E-state index contributed by atoms with van der Waals surface area (Å²) in [5.74, 6) is 0. The van der Waals surface area contributed by atoms with Crippen molar-refractivity contribution in [3.05, 3.63) is 0 Å². The lowest BCUT2D eigenvalue weighted by atomic mass is 9.78. The Kier molecular flexibility index (Phi) is 4.05. The van der Waals surface area contributed by atoms with Crippen LogP contribution in [0.1, 0.15) is 13.8 Å². The van der Waals surface area contributed by atoms with Crippen molar-refractivity contribution in [1.82, 2.24) is 0 Å². The van der Waals surface area contributed by atoms with Crippen molar-refractivity contribution in [2.75, 3.05) is 19.8 Å². The Morgan fingerprint density at radius 2 is 1.29 bits per heavy atom. The van der Waals surface area contributed by atoms with E-state index in [9.17, 15) is 8.42 Å². The van der Waals surface area contributed by atoms with Gasteiger partial charge in [-0.25, -0.2) is 0 Å². The first kappa shape index (κ1) is 13.8. The van der Waals surface area contributed by atoms with E-state index in [0.29, 0.717) is 0 Å². The van der Waals surface area contributed by atoms with Crippen molar-refractivity contribution >= 4 is 10.1 Å². The van der Waals surface area contributed by atoms with Gasteiger partial charge in [-0.1, -0.05) is 0 Å². The maximum Gasteiger partial charge on any atom is 0.270 e. The highest BCUT2D eigenvalue weighted by molar-refractivity contribution is 7.87. The summed E-state index contributed by atoms with van der Waals surface area (Å²) in [6.07, 6.45) is 0. The Labute approximate surface area is 82.9 Å². The second kappa shape index (κ2) is 4.11. The number of hydrogen-bond donors (Lipinski definition) is 4. The van der Waals surface area contributed by atoms with E-state index in [1.807, 2.05) is 0 Å². The fourth-order valence-corrected chi connectivity index (χ4v) is 1.74. The number of hydrogen-bond acceptors (Lipinski definition) is 5. The smallest absolute Gasteiger partial charge is 0.270 e. The molecule has 4 N–H and O–H groups in total. The van der Waals surface area contributed by atoms with E-state index in [4.69, 9.17) is 19.9 Å². The molecule has 0 aromatic heterocycles. The van der Waals surface area contributed by atoms with Gasteiger partial charge in [0.05, 0.1) is 25.2 Å². The van der Waals surface area contributed by atoms with Gasteiger partial charge in [0, 0.05) is 0 Å². The van der Waals surface area contributed by atoms with Crippen LogP contribution < -0.4 is 0 Å². The Morgan fingerprint density at radius 1 is 1.00 bits per heavy atom. The van der Waals surface area contributed by atoms with Gasteiger partial charge in [0.25, 0.3) is 10.1 Å². The minimum Gasteiger partial charge on any atom is -0.396 e. The van der Waals surface area contributed by atoms with Crippen LogP contribution in [-0.4, -0.2) is 52.9 Å². The molecule has 0 aromatic carbocycles. The zero-order valence-corrected chi connectivity index (χ0v) is 8.95. The van der Waals surface area contributed by atoms with E-state index in [1.54, 1.807) is 0 Å². The average molecular weight is 228 g/mol. The zero-order chi connectivity index (χ0) is 11.6. The zero-order valence-electron chi connectivity index (χ0n) is 8.13. The molecule has 0 fully saturated rings. The maximum absolute atomic E-state index is 11.0. The van der Waals surface area contributed by atoms with Crippen molar-refractivity contribution in [3.8, 4) is 0 Å². The SMILES string of the molecule is CC(C)(C(CO)(CO)CO)S(=O)(=O)O. The topological polar surface area (TPSA) is 115 Å². The van der Waals surface area contributed by atoms with Gasteiger partial charge in [-0.2, -0.15) is 8.42 Å². The monoisotopic (exact) mass is 228 g/mol. The fraction of sp³-hybridized carbons (Fsp3) is 1.00. The summed E-state index contributed by atoms with van der Waals surface area (Å²) in [5.41, 5.74) is -1.67. The van der Waals surface area contributed by atoms with E-state index >= 15 is 0 Å². The Balaban J connectivity index is 5.42. The van der Waals surface area contributed by atoms with E-state index in [1.165, 1.54) is 0 Å². The van der Waals surface area contributed by atoms with Gasteiger partial charge < -0.3 is 15.3 Å². The molecule has 7 heteroatoms. The van der Waals surface area contributed by atoms with Crippen molar-refractivity contribution < 1.29 is 28.3 Å². The largest absolute Gasteiger partial charge is 0.396 e. The first-order valence-corrected chi connectivity index (χ1v) is 5.42. The predicted octanol–water partition coefficient (Wildman–Crippen LogP) is -1.38. The van der Waals surface area contributed by atoms with Gasteiger partial charge in [0.1, 0.15) is 4.75 Å². The highest BCUT2D eigenvalue weighted by atomic mass is 32.2. The third kappa shape index (κ3) is 1.91. The van der Waals surface area contributed by atoms with Crippen molar-refractivity contribution in [2.24, 2.45) is 5.41 Å². The lowest BCUT2D eigenvalue weighted by Crippen LogP contribution is -2.56. The van der Waals surface area contributed by atoms with Crippen LogP contribution in [-0.2, 0) is 10.1 Å². The normalized spacial score (nSPS) is 14.4. The van der Waals surface area contributed by atoms with Gasteiger partial charge in [-0.3, -0.25) is 4.55 Å². The second-order valence-corrected chi connectivity index (χ2v) is 5.71. The fourth-order valence-electron chi connectivity index (χ4n) is 0.995. The lowest BCUT2D eigenvalue weighted by molar-refractivity contribution is -0.0201. The van der Waals surface area contributed by atoms with Crippen LogP contribution in [0.3, 0.4) is 0 Å². The summed E-state index contributed by atoms with van der Waals surface area (Å²) in [5, 5.41) is 26.9. The number of aliphatic hydroxyl groups is 3. The van der Waals surface area contributed by atoms with Crippen molar-refractivity contribution in [3.63, 3.8) is 0 Å². The van der Waals surface area contributed by atoms with Crippen LogP contribution in [0.25, 0.3) is 0 Å². The van der Waals surface area contributed by atoms with Gasteiger partial charge in [-0.05, 0) is 13.8 Å². The molecule has 86 valence electrons. The maximum atomic E-state index is 11.0. The summed E-state index contributed by atoms with van der Waals surface area (Å²) in [6, 6.07) is 0. The Bertz CT molecular complexity index is 268. The van der Waals surface area contributed by atoms with Crippen LogP contribution >= 0.6 is 0 Å². The molecule has 0 atom stereocenters. The summed E-state index contributed by atoms with van der Waals surface area (Å²) in [6.45, 7) is 0.0301. The molecule has 6 nitrogen and oxygen atoms in total. The molecule has 0 radical (unpaired) electrons. The first-order valence-electron chi connectivity index (χ1n) is 3.98. The first-order chi connectivity index (χ1) is 6.18. The molecule has 0 saturated carbocycles. The molecule has 0 unspecified atom stereocenters. The second-order valence-electron chi connectivity index (χ2n) is 3.74. The molecule has 0 aliphatic carbocycles. The van der Waals surface area contributed by atoms with Gasteiger partial charge in [0.2, 0.25) is 0 Å². The minimum absolute atomic E-state index is 0.743. The standard InChI is InChI=1S/C7H16O6S/c1-6(2,14(11,12)13)7(3-8,4-9)5-10/h8-10H,3-5H2,1-2H3,(H,11,12,13).